The van der Waals surface area contributed by atoms with E-state index in [4.69, 9.17) is 9.57 Å². The minimum Gasteiger partial charge on any atom is -0.389 e. The number of aryl methyl sites for hydroxylation is 1. The molecule has 31 heavy (non-hydrogen) atoms. The molecule has 2 aromatic rings. The predicted molar refractivity (Wildman–Crippen MR) is 107 cm³/mol. The Morgan fingerprint density at radius 1 is 0.968 bits per heavy atom. The maximum Gasteiger partial charge on any atom is 0.270 e. The third-order valence-electron chi connectivity index (χ3n) is 6.69. The molecule has 0 aliphatic carbocycles. The van der Waals surface area contributed by atoms with E-state index >= 15 is 0 Å². The fourth-order valence-electron chi connectivity index (χ4n) is 5.32. The highest BCUT2D eigenvalue weighted by atomic mass is 16.7. The normalized spacial score (nSPS) is 32.7. The number of hydrogen-bond donors (Lipinski definition) is 0. The third kappa shape index (κ3) is 2.37. The van der Waals surface area contributed by atoms with Crippen LogP contribution < -0.4 is 4.90 Å². The summed E-state index contributed by atoms with van der Waals surface area (Å²) in [6.07, 6.45) is -1.63. The van der Waals surface area contributed by atoms with Gasteiger partial charge in [0.2, 0.25) is 11.8 Å². The number of nitrogens with zero attached hydrogens (tertiary/aromatic N) is 3. The van der Waals surface area contributed by atoms with Crippen LogP contribution in [0.1, 0.15) is 11.1 Å². The Balaban J connectivity index is 1.34. The smallest absolute Gasteiger partial charge is 0.270 e. The maximum absolute atomic E-state index is 13.3. The van der Waals surface area contributed by atoms with Crippen LogP contribution in [0, 0.1) is 34.8 Å². The quantitative estimate of drug-likeness (QED) is 0.428. The van der Waals surface area contributed by atoms with Gasteiger partial charge in [-0.1, -0.05) is 35.0 Å². The number of anilines is 1. The second-order valence-electron chi connectivity index (χ2n) is 8.34. The average Bonchev–Trinajstić information content (AvgIpc) is 3.49. The molecule has 156 valence electrons. The summed E-state index contributed by atoms with van der Waals surface area (Å²) in [5.41, 5.74) is 2.61. The lowest BCUT2D eigenvalue weighted by molar-refractivity contribution is -0.384. The molecule has 2 aromatic carbocycles. The lowest BCUT2D eigenvalue weighted by atomic mass is 9.71. The van der Waals surface area contributed by atoms with Crippen LogP contribution in [-0.4, -0.2) is 40.8 Å². The van der Waals surface area contributed by atoms with Gasteiger partial charge < -0.3 is 9.57 Å². The Morgan fingerprint density at radius 3 is 2.39 bits per heavy atom. The molecule has 0 N–H and O–H groups in total. The second kappa shape index (κ2) is 6.21. The summed E-state index contributed by atoms with van der Waals surface area (Å²) in [6, 6.07) is 13.4. The molecular formula is C22H17N3O6. The van der Waals surface area contributed by atoms with Crippen LogP contribution in [0.5, 0.6) is 0 Å². The molecule has 0 radical (unpaired) electrons. The Morgan fingerprint density at radius 2 is 1.68 bits per heavy atom. The monoisotopic (exact) mass is 419 g/mol. The number of oxime groups is 1. The van der Waals surface area contributed by atoms with Gasteiger partial charge in [-0.05, 0) is 19.1 Å². The van der Waals surface area contributed by atoms with E-state index < -0.39 is 35.1 Å². The lowest BCUT2D eigenvalue weighted by Gasteiger charge is -2.26. The molecule has 3 fully saturated rings. The van der Waals surface area contributed by atoms with Gasteiger partial charge >= 0.3 is 0 Å². The number of amides is 2. The third-order valence-corrected chi connectivity index (χ3v) is 6.69. The van der Waals surface area contributed by atoms with Crippen molar-refractivity contribution in [3.63, 3.8) is 0 Å². The molecule has 0 aromatic heterocycles. The van der Waals surface area contributed by atoms with Gasteiger partial charge in [-0.3, -0.25) is 19.7 Å². The van der Waals surface area contributed by atoms with Crippen molar-refractivity contribution in [3.8, 4) is 0 Å². The maximum atomic E-state index is 13.3. The van der Waals surface area contributed by atoms with Crippen LogP contribution in [0.3, 0.4) is 0 Å². The van der Waals surface area contributed by atoms with Gasteiger partial charge in [0, 0.05) is 17.7 Å². The van der Waals surface area contributed by atoms with E-state index in [0.29, 0.717) is 17.0 Å². The number of imide groups is 1. The zero-order valence-electron chi connectivity index (χ0n) is 16.4. The van der Waals surface area contributed by atoms with E-state index in [9.17, 15) is 19.7 Å². The average molecular weight is 419 g/mol. The number of carbonyl (C=O) groups excluding carboxylic acids is 2. The van der Waals surface area contributed by atoms with Gasteiger partial charge in [0.25, 0.3) is 5.69 Å². The molecular weight excluding hydrogens is 402 g/mol. The first kappa shape index (κ1) is 18.2. The molecule has 6 atom stereocenters. The second-order valence-corrected chi connectivity index (χ2v) is 8.34. The first-order chi connectivity index (χ1) is 15.0. The SMILES string of the molecule is Cc1ccc(N2C(=O)[C@@H]3[C@H]4O[C@@H]([C@H]5C(c6cccc([N+](=O)[O-])c6)=NO[C@H]45)[C@@H]3C2=O)cc1. The summed E-state index contributed by atoms with van der Waals surface area (Å²) < 4.78 is 6.07. The van der Waals surface area contributed by atoms with Crippen LogP contribution in [0.25, 0.3) is 0 Å². The van der Waals surface area contributed by atoms with E-state index in [0.717, 1.165) is 5.56 Å². The Labute approximate surface area is 176 Å². The van der Waals surface area contributed by atoms with E-state index in [1.54, 1.807) is 24.3 Å². The molecule has 3 saturated heterocycles. The van der Waals surface area contributed by atoms with Gasteiger partial charge in [0.1, 0.15) is 6.10 Å². The van der Waals surface area contributed by atoms with Crippen LogP contribution in [0.4, 0.5) is 11.4 Å². The molecule has 0 spiro atoms. The predicted octanol–water partition coefficient (Wildman–Crippen LogP) is 2.21. The van der Waals surface area contributed by atoms with Crippen LogP contribution in [-0.2, 0) is 19.2 Å². The first-order valence-corrected chi connectivity index (χ1v) is 10.0. The minimum atomic E-state index is -0.620. The molecule has 9 nitrogen and oxygen atoms in total. The number of carbonyl (C=O) groups is 2. The summed E-state index contributed by atoms with van der Waals surface area (Å²) in [4.78, 5) is 44.1. The highest BCUT2D eigenvalue weighted by molar-refractivity contribution is 6.23. The number of nitro groups is 1. The van der Waals surface area contributed by atoms with Crippen molar-refractivity contribution >= 4 is 28.9 Å². The fourth-order valence-corrected chi connectivity index (χ4v) is 5.32. The number of nitro benzene ring substituents is 1. The molecule has 0 saturated carbocycles. The van der Waals surface area contributed by atoms with E-state index in [2.05, 4.69) is 5.16 Å². The van der Waals surface area contributed by atoms with Crippen molar-refractivity contribution in [3.05, 3.63) is 69.8 Å². The molecule has 4 heterocycles. The van der Waals surface area contributed by atoms with Crippen molar-refractivity contribution in [1.29, 1.82) is 0 Å². The summed E-state index contributed by atoms with van der Waals surface area (Å²) in [5.74, 6) is -2.15. The first-order valence-electron chi connectivity index (χ1n) is 10.0. The Kier molecular flexibility index (Phi) is 3.64. The number of ether oxygens (including phenoxy) is 1. The van der Waals surface area contributed by atoms with Crippen LogP contribution >= 0.6 is 0 Å². The van der Waals surface area contributed by atoms with Crippen molar-refractivity contribution < 1.29 is 24.1 Å². The standard InChI is InChI=1S/C22H17N3O6/c1-10-5-7-12(8-6-10)24-21(26)14-15(22(24)27)19-20-16(18(14)30-19)17(23-31-20)11-3-2-4-13(9-11)25(28)29/h2-9,14-16,18-20H,1H3/t14-,15+,16-,18-,19-,20+/m1/s1. The van der Waals surface area contributed by atoms with Gasteiger partial charge in [0.05, 0.1) is 40.2 Å². The highest BCUT2D eigenvalue weighted by Gasteiger charge is 2.72. The zero-order valence-corrected chi connectivity index (χ0v) is 16.4. The molecule has 9 heteroatoms. The number of non-ortho nitro benzene ring substituents is 1. The topological polar surface area (TPSA) is 111 Å². The fraction of sp³-hybridized carbons (Fsp3) is 0.318. The molecule has 2 amide bonds. The van der Waals surface area contributed by atoms with E-state index in [1.807, 2.05) is 19.1 Å². The minimum absolute atomic E-state index is 0.0525. The van der Waals surface area contributed by atoms with Gasteiger partial charge in [0.15, 0.2) is 6.10 Å². The number of benzene rings is 2. The summed E-state index contributed by atoms with van der Waals surface area (Å²) >= 11 is 0. The number of hydrogen-bond acceptors (Lipinski definition) is 7. The summed E-state index contributed by atoms with van der Waals surface area (Å²) in [7, 11) is 0. The van der Waals surface area contributed by atoms with Gasteiger partial charge in [-0.15, -0.1) is 0 Å². The largest absolute Gasteiger partial charge is 0.389 e. The summed E-state index contributed by atoms with van der Waals surface area (Å²) in [5, 5.41) is 15.3. The van der Waals surface area contributed by atoms with Crippen molar-refractivity contribution in [2.75, 3.05) is 4.90 Å². The van der Waals surface area contributed by atoms with E-state index in [-0.39, 0.29) is 23.4 Å². The van der Waals surface area contributed by atoms with Gasteiger partial charge in [-0.25, -0.2) is 4.90 Å². The molecule has 6 rings (SSSR count). The van der Waals surface area contributed by atoms with Crippen LogP contribution in [0.2, 0.25) is 0 Å². The van der Waals surface area contributed by atoms with Crippen molar-refractivity contribution in [2.24, 2.45) is 22.9 Å². The lowest BCUT2D eigenvalue weighted by Crippen LogP contribution is -2.45. The highest BCUT2D eigenvalue weighted by Crippen LogP contribution is 2.55. The molecule has 4 aliphatic rings. The zero-order chi connectivity index (χ0) is 21.4. The van der Waals surface area contributed by atoms with Gasteiger partial charge in [-0.2, -0.15) is 0 Å². The molecule has 4 aliphatic heterocycles. The number of fused-ring (bicyclic) bond motifs is 8. The van der Waals surface area contributed by atoms with Crippen LogP contribution in [0.15, 0.2) is 53.7 Å². The Bertz CT molecular complexity index is 1180. The summed E-state index contributed by atoms with van der Waals surface area (Å²) in [6.45, 7) is 1.94. The Hall–Kier alpha value is -3.59. The molecule has 0 unspecified atom stereocenters. The van der Waals surface area contributed by atoms with Crippen molar-refractivity contribution in [2.45, 2.75) is 25.2 Å². The number of rotatable bonds is 3. The molecule has 2 bridgehead atoms. The van der Waals surface area contributed by atoms with E-state index in [1.165, 1.54) is 17.0 Å². The van der Waals surface area contributed by atoms with Crippen molar-refractivity contribution in [1.82, 2.24) is 0 Å².